The van der Waals surface area contributed by atoms with Crippen molar-refractivity contribution in [2.45, 2.75) is 52.4 Å². The maximum Gasteiger partial charge on any atom is 0.0117 e. The fourth-order valence-electron chi connectivity index (χ4n) is 3.69. The van der Waals surface area contributed by atoms with Crippen molar-refractivity contribution in [3.8, 4) is 0 Å². The second-order valence-electron chi connectivity index (χ2n) is 6.48. The summed E-state index contributed by atoms with van der Waals surface area (Å²) in [6.07, 6.45) is 3.96. The van der Waals surface area contributed by atoms with Crippen molar-refractivity contribution in [1.82, 2.24) is 0 Å². The molecule has 0 N–H and O–H groups in total. The van der Waals surface area contributed by atoms with Gasteiger partial charge in [-0.15, -0.1) is 0 Å². The predicted octanol–water partition coefficient (Wildman–Crippen LogP) is 4.86. The van der Waals surface area contributed by atoms with Crippen molar-refractivity contribution in [3.63, 3.8) is 0 Å². The number of hydrogen-bond acceptors (Lipinski definition) is 0. The zero-order chi connectivity index (χ0) is 12.2. The highest BCUT2D eigenvalue weighted by Crippen LogP contribution is 2.52. The summed E-state index contributed by atoms with van der Waals surface area (Å²) < 4.78 is 0. The van der Waals surface area contributed by atoms with Crippen LogP contribution in [0.2, 0.25) is 0 Å². The first-order valence-corrected chi connectivity index (χ1v) is 6.84. The maximum absolute atomic E-state index is 2.40. The molecule has 0 unspecified atom stereocenters. The third-order valence-corrected chi connectivity index (χ3v) is 4.73. The van der Waals surface area contributed by atoms with Gasteiger partial charge in [0.05, 0.1) is 0 Å². The van der Waals surface area contributed by atoms with Crippen molar-refractivity contribution in [2.75, 3.05) is 0 Å². The van der Waals surface area contributed by atoms with Crippen molar-refractivity contribution >= 4 is 5.57 Å². The quantitative estimate of drug-likeness (QED) is 0.592. The fraction of sp³-hybridized carbons (Fsp3) is 0.529. The summed E-state index contributed by atoms with van der Waals surface area (Å²) >= 11 is 0. The molecule has 3 rings (SSSR count). The highest BCUT2D eigenvalue weighted by atomic mass is 14.4. The van der Waals surface area contributed by atoms with Crippen molar-refractivity contribution in [1.29, 1.82) is 0 Å². The summed E-state index contributed by atoms with van der Waals surface area (Å²) in [4.78, 5) is 0. The molecule has 0 saturated heterocycles. The molecule has 0 heterocycles. The Morgan fingerprint density at radius 3 is 2.76 bits per heavy atom. The molecular weight excluding hydrogens is 204 g/mol. The van der Waals surface area contributed by atoms with Crippen LogP contribution in [-0.2, 0) is 5.41 Å². The second kappa shape index (κ2) is 3.48. The Bertz CT molecular complexity index is 503. The molecule has 0 bridgehead atoms. The third-order valence-electron chi connectivity index (χ3n) is 4.73. The molecule has 17 heavy (non-hydrogen) atoms. The highest BCUT2D eigenvalue weighted by molar-refractivity contribution is 5.81. The summed E-state index contributed by atoms with van der Waals surface area (Å²) in [6, 6.07) is 7.02. The Morgan fingerprint density at radius 2 is 2.00 bits per heavy atom. The van der Waals surface area contributed by atoms with Crippen LogP contribution < -0.4 is 0 Å². The lowest BCUT2D eigenvalue weighted by Crippen LogP contribution is -2.19. The van der Waals surface area contributed by atoms with E-state index in [0.717, 1.165) is 5.92 Å². The smallest absolute Gasteiger partial charge is 0.0117 e. The number of hydrogen-bond donors (Lipinski definition) is 0. The highest BCUT2D eigenvalue weighted by Gasteiger charge is 2.39. The summed E-state index contributed by atoms with van der Waals surface area (Å²) in [5, 5.41) is 0. The third kappa shape index (κ3) is 1.50. The van der Waals surface area contributed by atoms with E-state index >= 15 is 0 Å². The van der Waals surface area contributed by atoms with Gasteiger partial charge in [0.15, 0.2) is 0 Å². The number of rotatable bonds is 0. The van der Waals surface area contributed by atoms with Gasteiger partial charge in [-0.1, -0.05) is 50.1 Å². The van der Waals surface area contributed by atoms with E-state index in [1.165, 1.54) is 24.8 Å². The second-order valence-corrected chi connectivity index (χ2v) is 6.48. The zero-order valence-electron chi connectivity index (χ0n) is 11.4. The average Bonchev–Trinajstić information content (AvgIpc) is 2.47. The van der Waals surface area contributed by atoms with Gasteiger partial charge >= 0.3 is 0 Å². The van der Waals surface area contributed by atoms with Gasteiger partial charge in [0.2, 0.25) is 0 Å². The predicted molar refractivity (Wildman–Crippen MR) is 74.1 cm³/mol. The number of benzene rings is 1. The zero-order valence-corrected chi connectivity index (χ0v) is 11.4. The van der Waals surface area contributed by atoms with Crippen molar-refractivity contribution < 1.29 is 0 Å². The van der Waals surface area contributed by atoms with Crippen LogP contribution in [0.1, 0.15) is 56.7 Å². The Hall–Kier alpha value is -1.04. The minimum Gasteiger partial charge on any atom is -0.0622 e. The minimum atomic E-state index is 0.276. The van der Waals surface area contributed by atoms with E-state index in [9.17, 15) is 0 Å². The number of allylic oxidation sites excluding steroid dienone is 2. The van der Waals surface area contributed by atoms with Crippen LogP contribution in [0.3, 0.4) is 0 Å². The van der Waals surface area contributed by atoms with Crippen molar-refractivity contribution in [3.05, 3.63) is 40.5 Å². The van der Waals surface area contributed by atoms with Gasteiger partial charge in [-0.05, 0) is 48.8 Å². The van der Waals surface area contributed by atoms with E-state index in [0.29, 0.717) is 0 Å². The molecule has 0 fully saturated rings. The van der Waals surface area contributed by atoms with Gasteiger partial charge in [-0.3, -0.25) is 0 Å². The van der Waals surface area contributed by atoms with E-state index in [4.69, 9.17) is 0 Å². The van der Waals surface area contributed by atoms with Crippen LogP contribution in [0.4, 0.5) is 0 Å². The summed E-state index contributed by atoms with van der Waals surface area (Å²) in [7, 11) is 0. The van der Waals surface area contributed by atoms with Gasteiger partial charge in [-0.25, -0.2) is 0 Å². The van der Waals surface area contributed by atoms with Crippen LogP contribution in [0, 0.1) is 12.8 Å². The molecule has 0 saturated carbocycles. The van der Waals surface area contributed by atoms with Gasteiger partial charge in [0.1, 0.15) is 0 Å². The molecule has 0 heteroatoms. The Balaban J connectivity index is 2.21. The van der Waals surface area contributed by atoms with E-state index < -0.39 is 0 Å². The summed E-state index contributed by atoms with van der Waals surface area (Å²) in [6.45, 7) is 9.40. The number of fused-ring (bicyclic) bond motifs is 2. The maximum atomic E-state index is 2.40. The van der Waals surface area contributed by atoms with Crippen LogP contribution in [-0.4, -0.2) is 0 Å². The van der Waals surface area contributed by atoms with Crippen LogP contribution in [0.15, 0.2) is 23.8 Å². The lowest BCUT2D eigenvalue weighted by Gasteiger charge is -2.28. The topological polar surface area (TPSA) is 0 Å². The molecule has 0 amide bonds. The SMILES string of the molecule is Cc1ccc2c(c1)C1=C(CC[C@@H](C)C1)C2(C)C. The normalized spacial score (nSPS) is 25.8. The lowest BCUT2D eigenvalue weighted by atomic mass is 9.76. The molecule has 0 nitrogen and oxygen atoms in total. The van der Waals surface area contributed by atoms with Gasteiger partial charge in [0, 0.05) is 5.41 Å². The van der Waals surface area contributed by atoms with Crippen LogP contribution >= 0.6 is 0 Å². The van der Waals surface area contributed by atoms with Crippen LogP contribution in [0.5, 0.6) is 0 Å². The molecule has 1 aromatic rings. The Kier molecular flexibility index (Phi) is 2.26. The average molecular weight is 226 g/mol. The molecule has 2 aliphatic carbocycles. The van der Waals surface area contributed by atoms with E-state index in [1.54, 1.807) is 22.3 Å². The molecule has 90 valence electrons. The largest absolute Gasteiger partial charge is 0.0622 e. The molecule has 2 aliphatic rings. The van der Waals surface area contributed by atoms with E-state index in [-0.39, 0.29) is 5.41 Å². The van der Waals surface area contributed by atoms with Crippen molar-refractivity contribution in [2.24, 2.45) is 5.92 Å². The Labute approximate surface area is 105 Å². The number of aryl methyl sites for hydroxylation is 1. The Morgan fingerprint density at radius 1 is 1.24 bits per heavy atom. The molecule has 0 aromatic heterocycles. The molecule has 1 atom stereocenters. The summed E-state index contributed by atoms with van der Waals surface area (Å²) in [5.41, 5.74) is 8.17. The first-order valence-electron chi connectivity index (χ1n) is 6.84. The van der Waals surface area contributed by atoms with Gasteiger partial charge < -0.3 is 0 Å². The first-order chi connectivity index (χ1) is 8.00. The minimum absolute atomic E-state index is 0.276. The monoisotopic (exact) mass is 226 g/mol. The van der Waals surface area contributed by atoms with Gasteiger partial charge in [0.25, 0.3) is 0 Å². The van der Waals surface area contributed by atoms with Crippen LogP contribution in [0.25, 0.3) is 5.57 Å². The summed E-state index contributed by atoms with van der Waals surface area (Å²) in [5.74, 6) is 0.857. The molecule has 0 spiro atoms. The van der Waals surface area contributed by atoms with E-state index in [1.807, 2.05) is 0 Å². The molecule has 0 aliphatic heterocycles. The molecule has 0 radical (unpaired) electrons. The van der Waals surface area contributed by atoms with E-state index in [2.05, 4.69) is 45.9 Å². The fourth-order valence-corrected chi connectivity index (χ4v) is 3.69. The van der Waals surface area contributed by atoms with Gasteiger partial charge in [-0.2, -0.15) is 0 Å². The molecular formula is C17H22. The standard InChI is InChI=1S/C17H22/c1-11-5-7-15-13(9-11)14-10-12(2)6-8-16(14)17(15,3)4/h5,7,9,12H,6,8,10H2,1-4H3/t12-/m1/s1. The first kappa shape index (κ1) is 11.1. The molecule has 1 aromatic carbocycles. The lowest BCUT2D eigenvalue weighted by molar-refractivity contribution is 0.489.